The number of aryl methyl sites for hydroxylation is 1. The number of hydrogen-bond donors (Lipinski definition) is 0. The van der Waals surface area contributed by atoms with Crippen LogP contribution in [-0.4, -0.2) is 26.8 Å². The highest BCUT2D eigenvalue weighted by Gasteiger charge is 2.21. The number of methoxy groups -OCH3 is 1. The Morgan fingerprint density at radius 2 is 2.06 bits per heavy atom. The zero-order chi connectivity index (χ0) is 23.1. The summed E-state index contributed by atoms with van der Waals surface area (Å²) in [6.45, 7) is 1.98. The summed E-state index contributed by atoms with van der Waals surface area (Å²) in [5, 5.41) is 5.01. The topological polar surface area (TPSA) is 83.0 Å². The van der Waals surface area contributed by atoms with Crippen molar-refractivity contribution in [3.8, 4) is 27.9 Å². The van der Waals surface area contributed by atoms with Gasteiger partial charge in [0.05, 0.1) is 35.3 Å². The lowest BCUT2D eigenvalue weighted by Gasteiger charge is -2.07. The van der Waals surface area contributed by atoms with Gasteiger partial charge in [0.2, 0.25) is 5.82 Å². The summed E-state index contributed by atoms with van der Waals surface area (Å²) >= 11 is 7.53. The van der Waals surface area contributed by atoms with Crippen LogP contribution in [0.15, 0.2) is 58.1 Å². The molecule has 2 aromatic carbocycles. The van der Waals surface area contributed by atoms with Gasteiger partial charge in [-0.1, -0.05) is 35.0 Å². The van der Waals surface area contributed by atoms with E-state index >= 15 is 0 Å². The first-order valence-corrected chi connectivity index (χ1v) is 11.1. The minimum atomic E-state index is -0.489. The predicted octanol–water partition coefficient (Wildman–Crippen LogP) is 5.33. The van der Waals surface area contributed by atoms with Crippen LogP contribution in [-0.2, 0) is 6.54 Å². The first-order valence-electron chi connectivity index (χ1n) is 9.86. The Labute approximate surface area is 196 Å². The van der Waals surface area contributed by atoms with E-state index in [-0.39, 0.29) is 23.7 Å². The molecule has 0 radical (unpaired) electrons. The van der Waals surface area contributed by atoms with E-state index in [9.17, 15) is 9.18 Å². The normalized spacial score (nSPS) is 11.3. The highest BCUT2D eigenvalue weighted by molar-refractivity contribution is 7.22. The molecule has 0 amide bonds. The zero-order valence-corrected chi connectivity index (χ0v) is 19.1. The quantitative estimate of drug-likeness (QED) is 0.336. The lowest BCUT2D eigenvalue weighted by Crippen LogP contribution is -2.21. The molecule has 0 aliphatic carbocycles. The van der Waals surface area contributed by atoms with Gasteiger partial charge in [0.15, 0.2) is 11.6 Å². The van der Waals surface area contributed by atoms with Gasteiger partial charge in [0.25, 0.3) is 11.4 Å². The van der Waals surface area contributed by atoms with Crippen LogP contribution in [0.2, 0.25) is 5.02 Å². The molecule has 0 atom stereocenters. The molecule has 3 aromatic heterocycles. The average molecular weight is 483 g/mol. The van der Waals surface area contributed by atoms with Gasteiger partial charge in [-0.3, -0.25) is 9.36 Å². The maximum atomic E-state index is 14.1. The Hall–Kier alpha value is -3.56. The van der Waals surface area contributed by atoms with Gasteiger partial charge < -0.3 is 9.26 Å². The molecule has 7 nitrogen and oxygen atoms in total. The molecule has 0 N–H and O–H groups in total. The average Bonchev–Trinajstić information content (AvgIpc) is 3.41. The van der Waals surface area contributed by atoms with E-state index in [0.717, 1.165) is 0 Å². The second kappa shape index (κ2) is 8.42. The molecule has 0 spiro atoms. The summed E-state index contributed by atoms with van der Waals surface area (Å²) in [5.74, 6) is 0.304. The third-order valence-corrected chi connectivity index (χ3v) is 6.74. The molecule has 10 heteroatoms. The molecule has 166 valence electrons. The van der Waals surface area contributed by atoms with Crippen LogP contribution in [0.5, 0.6) is 5.75 Å². The largest absolute Gasteiger partial charge is 0.494 e. The van der Waals surface area contributed by atoms with Gasteiger partial charge in [-0.15, -0.1) is 11.3 Å². The van der Waals surface area contributed by atoms with Crippen molar-refractivity contribution in [3.63, 3.8) is 0 Å². The van der Waals surface area contributed by atoms with Gasteiger partial charge in [-0.05, 0) is 42.3 Å². The summed E-state index contributed by atoms with van der Waals surface area (Å²) in [7, 11) is 1.40. The van der Waals surface area contributed by atoms with E-state index in [1.807, 2.05) is 19.1 Å². The van der Waals surface area contributed by atoms with Crippen molar-refractivity contribution in [2.24, 2.45) is 0 Å². The second-order valence-electron chi connectivity index (χ2n) is 7.29. The Kier molecular flexibility index (Phi) is 5.43. The smallest absolute Gasteiger partial charge is 0.268 e. The number of aromatic nitrogens is 4. The van der Waals surface area contributed by atoms with Gasteiger partial charge in [-0.2, -0.15) is 4.98 Å². The van der Waals surface area contributed by atoms with E-state index in [1.54, 1.807) is 18.2 Å². The Balaban J connectivity index is 1.53. The van der Waals surface area contributed by atoms with E-state index < -0.39 is 5.82 Å². The molecular weight excluding hydrogens is 467 g/mol. The van der Waals surface area contributed by atoms with Crippen molar-refractivity contribution in [1.29, 1.82) is 0 Å². The fourth-order valence-electron chi connectivity index (χ4n) is 3.55. The van der Waals surface area contributed by atoms with Crippen LogP contribution >= 0.6 is 22.9 Å². The van der Waals surface area contributed by atoms with Crippen LogP contribution in [0, 0.1) is 12.7 Å². The molecular formula is C23H16ClFN4O3S. The Morgan fingerprint density at radius 3 is 2.82 bits per heavy atom. The number of nitrogens with zero attached hydrogens (tertiary/aromatic N) is 4. The number of thiophene rings is 1. The maximum Gasteiger partial charge on any atom is 0.268 e. The molecule has 3 heterocycles. The Morgan fingerprint density at radius 1 is 1.24 bits per heavy atom. The number of ether oxygens (including phenoxy) is 1. The van der Waals surface area contributed by atoms with E-state index in [4.69, 9.17) is 20.9 Å². The molecule has 5 rings (SSSR count). The highest BCUT2D eigenvalue weighted by atomic mass is 35.5. The minimum absolute atomic E-state index is 0.147. The number of halogens is 2. The zero-order valence-electron chi connectivity index (χ0n) is 17.5. The molecule has 33 heavy (non-hydrogen) atoms. The molecule has 0 saturated carbocycles. The molecule has 5 aromatic rings. The summed E-state index contributed by atoms with van der Waals surface area (Å²) in [6, 6.07) is 11.8. The van der Waals surface area contributed by atoms with Gasteiger partial charge in [-0.25, -0.2) is 9.37 Å². The van der Waals surface area contributed by atoms with Crippen molar-refractivity contribution in [2.45, 2.75) is 13.5 Å². The van der Waals surface area contributed by atoms with E-state index in [2.05, 4.69) is 15.1 Å². The first kappa shape index (κ1) is 21.3. The van der Waals surface area contributed by atoms with E-state index in [0.29, 0.717) is 42.6 Å². The lowest BCUT2D eigenvalue weighted by molar-refractivity contribution is 0.386. The summed E-state index contributed by atoms with van der Waals surface area (Å²) in [5.41, 5.74) is 1.73. The van der Waals surface area contributed by atoms with Crippen molar-refractivity contribution in [1.82, 2.24) is 19.7 Å². The van der Waals surface area contributed by atoms with Crippen LogP contribution in [0.1, 0.15) is 11.1 Å². The number of fused-ring (bicyclic) bond motifs is 1. The van der Waals surface area contributed by atoms with E-state index in [1.165, 1.54) is 41.5 Å². The number of rotatable bonds is 5. The van der Waals surface area contributed by atoms with Crippen molar-refractivity contribution in [2.75, 3.05) is 7.11 Å². The number of hydrogen-bond acceptors (Lipinski definition) is 7. The predicted molar refractivity (Wildman–Crippen MR) is 124 cm³/mol. The Bertz CT molecular complexity index is 1560. The van der Waals surface area contributed by atoms with Crippen LogP contribution in [0.4, 0.5) is 4.39 Å². The van der Waals surface area contributed by atoms with Crippen molar-refractivity contribution >= 4 is 33.2 Å². The van der Waals surface area contributed by atoms with Gasteiger partial charge in [0, 0.05) is 5.56 Å². The second-order valence-corrected chi connectivity index (χ2v) is 8.69. The lowest BCUT2D eigenvalue weighted by atomic mass is 10.2. The van der Waals surface area contributed by atoms with Crippen LogP contribution < -0.4 is 10.3 Å². The summed E-state index contributed by atoms with van der Waals surface area (Å²) in [4.78, 5) is 23.3. The highest BCUT2D eigenvalue weighted by Crippen LogP contribution is 2.36. The molecule has 0 aliphatic heterocycles. The maximum absolute atomic E-state index is 14.1. The van der Waals surface area contributed by atoms with Crippen molar-refractivity contribution < 1.29 is 13.7 Å². The molecule has 0 unspecified atom stereocenters. The van der Waals surface area contributed by atoms with Crippen LogP contribution in [0.25, 0.3) is 32.4 Å². The molecule has 0 bridgehead atoms. The third kappa shape index (κ3) is 3.79. The fraction of sp³-hybridized carbons (Fsp3) is 0.130. The third-order valence-electron chi connectivity index (χ3n) is 5.22. The molecule has 0 aliphatic rings. The number of benzene rings is 2. The summed E-state index contributed by atoms with van der Waals surface area (Å²) < 4.78 is 25.9. The minimum Gasteiger partial charge on any atom is -0.494 e. The molecule has 0 fully saturated rings. The van der Waals surface area contributed by atoms with Gasteiger partial charge in [0.1, 0.15) is 4.83 Å². The van der Waals surface area contributed by atoms with Gasteiger partial charge >= 0.3 is 0 Å². The van der Waals surface area contributed by atoms with Crippen molar-refractivity contribution in [3.05, 3.63) is 81.1 Å². The SMILES string of the molecule is COc1ccc(Cn2cnc3sc(-c4nc(-c5ccccc5Cl)no4)c(C)c3c2=O)cc1F. The monoisotopic (exact) mass is 482 g/mol. The molecule has 0 saturated heterocycles. The first-order chi connectivity index (χ1) is 16.0. The van der Waals surface area contributed by atoms with Crippen LogP contribution in [0.3, 0.4) is 0 Å². The fourth-order valence-corrected chi connectivity index (χ4v) is 4.83. The standard InChI is InChI=1S/C23H16ClFN4O3S/c1-12-18-22(26-11-29(23(18)30)10-13-7-8-17(31-2)16(25)9-13)33-19(12)21-27-20(28-32-21)14-5-3-4-6-15(14)24/h3-9,11H,10H2,1-2H3. The summed E-state index contributed by atoms with van der Waals surface area (Å²) in [6.07, 6.45) is 1.45.